The van der Waals surface area contributed by atoms with E-state index in [2.05, 4.69) is 0 Å². The summed E-state index contributed by atoms with van der Waals surface area (Å²) < 4.78 is 6.32. The maximum atomic E-state index is 12.9. The molecule has 0 saturated heterocycles. The van der Waals surface area contributed by atoms with E-state index in [1.54, 1.807) is 25.1 Å². The highest BCUT2D eigenvalue weighted by atomic mass is 16.7. The molecule has 0 unspecified atom stereocenters. The third-order valence-corrected chi connectivity index (χ3v) is 4.67. The van der Waals surface area contributed by atoms with Crippen LogP contribution in [0.4, 0.5) is 0 Å². The van der Waals surface area contributed by atoms with E-state index in [0.29, 0.717) is 16.7 Å². The predicted octanol–water partition coefficient (Wildman–Crippen LogP) is 4.16. The second kappa shape index (κ2) is 6.61. The smallest absolute Gasteiger partial charge is 0.363 e. The molecule has 5 heteroatoms. The number of hydrogen-bond acceptors (Lipinski definition) is 4. The summed E-state index contributed by atoms with van der Waals surface area (Å²) in [5, 5.41) is 2.00. The maximum absolute atomic E-state index is 12.9. The molecule has 0 bridgehead atoms. The van der Waals surface area contributed by atoms with E-state index in [1.807, 2.05) is 48.5 Å². The molecule has 3 aromatic carbocycles. The molecule has 5 nitrogen and oxygen atoms in total. The molecule has 0 aliphatic heterocycles. The second-order valence-electron chi connectivity index (χ2n) is 6.18. The van der Waals surface area contributed by atoms with Crippen LogP contribution in [0.3, 0.4) is 0 Å². The minimum absolute atomic E-state index is 0.319. The second-order valence-corrected chi connectivity index (χ2v) is 6.18. The summed E-state index contributed by atoms with van der Waals surface area (Å²) in [6.45, 7) is 1.70. The first-order valence-corrected chi connectivity index (χ1v) is 8.50. The lowest BCUT2D eigenvalue weighted by Gasteiger charge is -2.11. The number of benzene rings is 3. The zero-order valence-electron chi connectivity index (χ0n) is 14.9. The minimum atomic E-state index is -0.537. The highest BCUT2D eigenvalue weighted by molar-refractivity contribution is 6.08. The van der Waals surface area contributed by atoms with E-state index in [0.717, 1.165) is 21.8 Å². The lowest BCUT2D eigenvalue weighted by atomic mass is 10.0. The Morgan fingerprint density at radius 1 is 0.741 bits per heavy atom. The zero-order valence-corrected chi connectivity index (χ0v) is 14.9. The molecule has 0 atom stereocenters. The van der Waals surface area contributed by atoms with Gasteiger partial charge in [0, 0.05) is 10.8 Å². The fourth-order valence-corrected chi connectivity index (χ4v) is 3.31. The van der Waals surface area contributed by atoms with Crippen LogP contribution in [0.15, 0.2) is 66.7 Å². The Hall–Kier alpha value is -3.60. The number of rotatable bonds is 3. The summed E-state index contributed by atoms with van der Waals surface area (Å²) in [6, 6.07) is 20.4. The molecule has 4 aromatic rings. The molecule has 0 aliphatic rings. The SMILES string of the molecule is COC(=O)c1cccc(C(=O)On2c3ccccc3c3ccccc32)c1C. The van der Waals surface area contributed by atoms with Gasteiger partial charge in [-0.05, 0) is 36.8 Å². The Balaban J connectivity index is 1.81. The van der Waals surface area contributed by atoms with Crippen molar-refractivity contribution in [2.24, 2.45) is 0 Å². The van der Waals surface area contributed by atoms with Gasteiger partial charge in [-0.1, -0.05) is 42.5 Å². The van der Waals surface area contributed by atoms with Gasteiger partial charge in [0.15, 0.2) is 0 Å². The number of esters is 1. The van der Waals surface area contributed by atoms with Crippen molar-refractivity contribution in [1.82, 2.24) is 4.73 Å². The molecule has 4 rings (SSSR count). The third kappa shape index (κ3) is 2.73. The van der Waals surface area contributed by atoms with Gasteiger partial charge in [0.05, 0.1) is 29.3 Å². The summed E-state index contributed by atoms with van der Waals surface area (Å²) in [4.78, 5) is 30.5. The van der Waals surface area contributed by atoms with Crippen molar-refractivity contribution in [3.8, 4) is 0 Å². The van der Waals surface area contributed by atoms with Crippen molar-refractivity contribution >= 4 is 33.7 Å². The average Bonchev–Trinajstić information content (AvgIpc) is 3.02. The van der Waals surface area contributed by atoms with Crippen LogP contribution in [0.5, 0.6) is 0 Å². The number of aromatic nitrogens is 1. The molecule has 0 aliphatic carbocycles. The number of fused-ring (bicyclic) bond motifs is 3. The number of carbonyl (C=O) groups is 2. The molecule has 0 radical (unpaired) electrons. The van der Waals surface area contributed by atoms with Crippen LogP contribution in [0, 0.1) is 6.92 Å². The van der Waals surface area contributed by atoms with Crippen LogP contribution < -0.4 is 4.84 Å². The van der Waals surface area contributed by atoms with Crippen LogP contribution in [-0.4, -0.2) is 23.8 Å². The first-order chi connectivity index (χ1) is 13.1. The van der Waals surface area contributed by atoms with E-state index in [9.17, 15) is 9.59 Å². The largest absolute Gasteiger partial charge is 0.465 e. The molecular formula is C22H17NO4. The summed E-state index contributed by atoms with van der Waals surface area (Å²) in [6.07, 6.45) is 0. The quantitative estimate of drug-likeness (QED) is 0.516. The molecule has 0 fully saturated rings. The summed E-state index contributed by atoms with van der Waals surface area (Å²) in [7, 11) is 1.31. The molecular weight excluding hydrogens is 342 g/mol. The standard InChI is InChI=1S/C22H17NO4/c1-14-15(21(24)26-2)10-7-11-16(14)22(25)27-23-19-12-5-3-8-17(19)18-9-4-6-13-20(18)23/h3-13H,1-2H3. The number of carbonyl (C=O) groups excluding carboxylic acids is 2. The monoisotopic (exact) mass is 359 g/mol. The van der Waals surface area contributed by atoms with Crippen molar-refractivity contribution < 1.29 is 19.2 Å². The van der Waals surface area contributed by atoms with Gasteiger partial charge in [0.2, 0.25) is 0 Å². The van der Waals surface area contributed by atoms with Crippen LogP contribution in [0.1, 0.15) is 26.3 Å². The van der Waals surface area contributed by atoms with Crippen molar-refractivity contribution in [2.75, 3.05) is 7.11 Å². The topological polar surface area (TPSA) is 57.5 Å². The number of ether oxygens (including phenoxy) is 1. The van der Waals surface area contributed by atoms with Gasteiger partial charge in [0.1, 0.15) is 0 Å². The van der Waals surface area contributed by atoms with Crippen molar-refractivity contribution in [2.45, 2.75) is 6.92 Å². The van der Waals surface area contributed by atoms with E-state index >= 15 is 0 Å². The molecule has 1 heterocycles. The predicted molar refractivity (Wildman–Crippen MR) is 103 cm³/mol. The Morgan fingerprint density at radius 2 is 1.26 bits per heavy atom. The minimum Gasteiger partial charge on any atom is -0.465 e. The maximum Gasteiger partial charge on any atom is 0.363 e. The van der Waals surface area contributed by atoms with Gasteiger partial charge in [0.25, 0.3) is 0 Å². The van der Waals surface area contributed by atoms with Gasteiger partial charge < -0.3 is 9.57 Å². The summed E-state index contributed by atoms with van der Waals surface area (Å²) >= 11 is 0. The van der Waals surface area contributed by atoms with Gasteiger partial charge in [-0.25, -0.2) is 9.59 Å². The highest BCUT2D eigenvalue weighted by Crippen LogP contribution is 2.28. The first-order valence-electron chi connectivity index (χ1n) is 8.50. The van der Waals surface area contributed by atoms with Crippen LogP contribution in [-0.2, 0) is 4.74 Å². The van der Waals surface area contributed by atoms with E-state index < -0.39 is 11.9 Å². The van der Waals surface area contributed by atoms with Crippen molar-refractivity contribution in [1.29, 1.82) is 0 Å². The Bertz CT molecular complexity index is 1140. The van der Waals surface area contributed by atoms with Crippen LogP contribution >= 0.6 is 0 Å². The number of hydrogen-bond donors (Lipinski definition) is 0. The van der Waals surface area contributed by atoms with Gasteiger partial charge in [-0.3, -0.25) is 0 Å². The molecule has 0 amide bonds. The van der Waals surface area contributed by atoms with Crippen molar-refractivity contribution in [3.63, 3.8) is 0 Å². The van der Waals surface area contributed by atoms with Gasteiger partial charge in [-0.2, -0.15) is 4.73 Å². The third-order valence-electron chi connectivity index (χ3n) is 4.67. The lowest BCUT2D eigenvalue weighted by molar-refractivity contribution is 0.0500. The van der Waals surface area contributed by atoms with E-state index in [1.165, 1.54) is 11.8 Å². The average molecular weight is 359 g/mol. The van der Waals surface area contributed by atoms with Crippen LogP contribution in [0.25, 0.3) is 21.8 Å². The number of para-hydroxylation sites is 2. The van der Waals surface area contributed by atoms with E-state index in [-0.39, 0.29) is 0 Å². The fourth-order valence-electron chi connectivity index (χ4n) is 3.31. The molecule has 0 N–H and O–H groups in total. The molecule has 27 heavy (non-hydrogen) atoms. The van der Waals surface area contributed by atoms with E-state index in [4.69, 9.17) is 9.57 Å². The Labute approximate surface area is 155 Å². The fraction of sp³-hybridized carbons (Fsp3) is 0.0909. The molecule has 0 spiro atoms. The number of nitrogens with zero attached hydrogens (tertiary/aromatic N) is 1. The zero-order chi connectivity index (χ0) is 19.0. The van der Waals surface area contributed by atoms with Crippen LogP contribution in [0.2, 0.25) is 0 Å². The molecule has 0 saturated carbocycles. The lowest BCUT2D eigenvalue weighted by Crippen LogP contribution is -2.21. The molecule has 134 valence electrons. The Kier molecular flexibility index (Phi) is 4.12. The summed E-state index contributed by atoms with van der Waals surface area (Å²) in [5.74, 6) is -1.02. The first kappa shape index (κ1) is 16.8. The Morgan fingerprint density at radius 3 is 1.81 bits per heavy atom. The highest BCUT2D eigenvalue weighted by Gasteiger charge is 2.20. The van der Waals surface area contributed by atoms with Gasteiger partial charge >= 0.3 is 11.9 Å². The summed E-state index contributed by atoms with van der Waals surface area (Å²) in [5.41, 5.74) is 2.78. The molecule has 1 aromatic heterocycles. The number of methoxy groups -OCH3 is 1. The van der Waals surface area contributed by atoms with Crippen molar-refractivity contribution in [3.05, 3.63) is 83.4 Å². The van der Waals surface area contributed by atoms with Gasteiger partial charge in [-0.15, -0.1) is 0 Å². The normalized spacial score (nSPS) is 10.9.